The van der Waals surface area contributed by atoms with Crippen LogP contribution in [0.1, 0.15) is 0 Å². The zero-order valence-corrected chi connectivity index (χ0v) is 10.0. The van der Waals surface area contributed by atoms with Gasteiger partial charge in [0.15, 0.2) is 0 Å². The summed E-state index contributed by atoms with van der Waals surface area (Å²) in [5, 5.41) is 31.3. The van der Waals surface area contributed by atoms with Gasteiger partial charge < -0.3 is 15.3 Å². The first-order valence-electron chi connectivity index (χ1n) is 5.89. The molecule has 19 heavy (non-hydrogen) atoms. The Morgan fingerprint density at radius 3 is 1.95 bits per heavy atom. The van der Waals surface area contributed by atoms with Crippen molar-refractivity contribution in [2.75, 3.05) is 0 Å². The normalized spacial score (nSPS) is 10.7. The van der Waals surface area contributed by atoms with Gasteiger partial charge in [0.2, 0.25) is 0 Å². The number of phenolic OH excluding ortho intramolecular Hbond substituents is 3. The summed E-state index contributed by atoms with van der Waals surface area (Å²) in [7, 11) is 0. The van der Waals surface area contributed by atoms with Gasteiger partial charge in [-0.25, -0.2) is 0 Å². The summed E-state index contributed by atoms with van der Waals surface area (Å²) in [5.74, 6) is 0.128. The Kier molecular flexibility index (Phi) is 2.53. The highest BCUT2D eigenvalue weighted by Crippen LogP contribution is 2.39. The van der Waals surface area contributed by atoms with Crippen LogP contribution in [0.5, 0.6) is 17.2 Å². The average Bonchev–Trinajstić information content (AvgIpc) is 2.41. The number of phenols is 3. The van der Waals surface area contributed by atoms with E-state index in [4.69, 9.17) is 0 Å². The van der Waals surface area contributed by atoms with Crippen molar-refractivity contribution in [3.8, 4) is 28.4 Å². The van der Waals surface area contributed by atoms with Crippen LogP contribution < -0.4 is 0 Å². The van der Waals surface area contributed by atoms with Crippen molar-refractivity contribution < 1.29 is 15.3 Å². The fraction of sp³-hybridized carbons (Fsp3) is 0. The minimum absolute atomic E-state index is 0.0170. The van der Waals surface area contributed by atoms with Crippen molar-refractivity contribution in [3.63, 3.8) is 0 Å². The molecule has 0 aromatic heterocycles. The van der Waals surface area contributed by atoms with Crippen LogP contribution in [0.2, 0.25) is 0 Å². The molecule has 0 aliphatic heterocycles. The van der Waals surface area contributed by atoms with Crippen molar-refractivity contribution in [1.82, 2.24) is 0 Å². The Labute approximate surface area is 110 Å². The summed E-state index contributed by atoms with van der Waals surface area (Å²) in [4.78, 5) is 0. The van der Waals surface area contributed by atoms with Crippen LogP contribution in [0, 0.1) is 0 Å². The fourth-order valence-corrected chi connectivity index (χ4v) is 2.18. The van der Waals surface area contributed by atoms with Crippen LogP contribution in [0.3, 0.4) is 0 Å². The molecule has 3 aromatic carbocycles. The molecule has 0 heterocycles. The van der Waals surface area contributed by atoms with Crippen LogP contribution in [-0.2, 0) is 0 Å². The molecular formula is C16H12O3. The fourth-order valence-electron chi connectivity index (χ4n) is 2.18. The molecule has 0 saturated heterocycles. The molecule has 3 N–H and O–H groups in total. The lowest BCUT2D eigenvalue weighted by Gasteiger charge is -2.09. The van der Waals surface area contributed by atoms with E-state index in [1.165, 1.54) is 18.2 Å². The number of hydrogen-bond donors (Lipinski definition) is 3. The lowest BCUT2D eigenvalue weighted by Crippen LogP contribution is -1.82. The first kappa shape index (κ1) is 11.4. The second-order valence-electron chi connectivity index (χ2n) is 4.42. The Morgan fingerprint density at radius 2 is 1.21 bits per heavy atom. The van der Waals surface area contributed by atoms with Crippen molar-refractivity contribution in [1.29, 1.82) is 0 Å². The van der Waals surface area contributed by atoms with Crippen LogP contribution >= 0.6 is 0 Å². The Bertz CT molecular complexity index is 763. The summed E-state index contributed by atoms with van der Waals surface area (Å²) >= 11 is 0. The lowest BCUT2D eigenvalue weighted by atomic mass is 9.99. The van der Waals surface area contributed by atoms with E-state index in [1.807, 2.05) is 24.3 Å². The molecule has 3 nitrogen and oxygen atoms in total. The Balaban J connectivity index is 2.30. The van der Waals surface area contributed by atoms with Gasteiger partial charge in [-0.2, -0.15) is 0 Å². The van der Waals surface area contributed by atoms with Gasteiger partial charge in [-0.3, -0.25) is 0 Å². The monoisotopic (exact) mass is 252 g/mol. The van der Waals surface area contributed by atoms with Gasteiger partial charge in [0.25, 0.3) is 0 Å². The highest BCUT2D eigenvalue weighted by Gasteiger charge is 2.11. The van der Waals surface area contributed by atoms with Crippen LogP contribution in [0.4, 0.5) is 0 Å². The predicted molar refractivity (Wildman–Crippen MR) is 74.4 cm³/mol. The van der Waals surface area contributed by atoms with E-state index in [0.29, 0.717) is 11.1 Å². The van der Waals surface area contributed by atoms with Crippen molar-refractivity contribution in [2.45, 2.75) is 0 Å². The predicted octanol–water partition coefficient (Wildman–Crippen LogP) is 3.62. The SMILES string of the molecule is Oc1ccc(O)c(-c2cc3ccccc3cc2O)c1. The van der Waals surface area contributed by atoms with Crippen molar-refractivity contribution in [3.05, 3.63) is 54.6 Å². The number of benzene rings is 3. The maximum absolute atomic E-state index is 10.1. The molecule has 0 atom stereocenters. The first-order valence-corrected chi connectivity index (χ1v) is 5.89. The van der Waals surface area contributed by atoms with E-state index in [1.54, 1.807) is 12.1 Å². The Hall–Kier alpha value is -2.68. The van der Waals surface area contributed by atoms with E-state index >= 15 is 0 Å². The van der Waals surface area contributed by atoms with Crippen molar-refractivity contribution >= 4 is 10.8 Å². The van der Waals surface area contributed by atoms with Crippen LogP contribution in [0.15, 0.2) is 54.6 Å². The minimum Gasteiger partial charge on any atom is -0.508 e. The largest absolute Gasteiger partial charge is 0.508 e. The minimum atomic E-state index is 0.0170. The zero-order valence-electron chi connectivity index (χ0n) is 10.0. The number of fused-ring (bicyclic) bond motifs is 1. The average molecular weight is 252 g/mol. The Morgan fingerprint density at radius 1 is 0.579 bits per heavy atom. The summed E-state index contributed by atoms with van der Waals surface area (Å²) < 4.78 is 0. The maximum Gasteiger partial charge on any atom is 0.124 e. The third-order valence-corrected chi connectivity index (χ3v) is 3.13. The highest BCUT2D eigenvalue weighted by molar-refractivity contribution is 5.91. The van der Waals surface area contributed by atoms with Gasteiger partial charge in [-0.05, 0) is 41.1 Å². The van der Waals surface area contributed by atoms with E-state index < -0.39 is 0 Å². The molecule has 0 amide bonds. The smallest absolute Gasteiger partial charge is 0.124 e. The van der Waals surface area contributed by atoms with Gasteiger partial charge in [-0.15, -0.1) is 0 Å². The van der Waals surface area contributed by atoms with Gasteiger partial charge in [-0.1, -0.05) is 24.3 Å². The summed E-state index contributed by atoms with van der Waals surface area (Å²) in [5.41, 5.74) is 0.898. The first-order chi connectivity index (χ1) is 9.15. The number of hydrogen-bond acceptors (Lipinski definition) is 3. The molecule has 3 aromatic rings. The molecule has 94 valence electrons. The van der Waals surface area contributed by atoms with Gasteiger partial charge in [0.05, 0.1) is 0 Å². The molecule has 3 heteroatoms. The third kappa shape index (κ3) is 1.95. The molecule has 3 rings (SSSR count). The molecule has 0 aliphatic rings. The second-order valence-corrected chi connectivity index (χ2v) is 4.42. The van der Waals surface area contributed by atoms with Gasteiger partial charge in [0.1, 0.15) is 17.2 Å². The van der Waals surface area contributed by atoms with E-state index in [2.05, 4.69) is 0 Å². The molecule has 0 aliphatic carbocycles. The topological polar surface area (TPSA) is 60.7 Å². The lowest BCUT2D eigenvalue weighted by molar-refractivity contribution is 0.459. The highest BCUT2D eigenvalue weighted by atomic mass is 16.3. The van der Waals surface area contributed by atoms with Crippen LogP contribution in [-0.4, -0.2) is 15.3 Å². The van der Waals surface area contributed by atoms with Crippen molar-refractivity contribution in [2.24, 2.45) is 0 Å². The van der Waals surface area contributed by atoms with Gasteiger partial charge >= 0.3 is 0 Å². The maximum atomic E-state index is 10.1. The molecular weight excluding hydrogens is 240 g/mol. The summed E-state index contributed by atoms with van der Waals surface area (Å²) in [6, 6.07) is 15.3. The zero-order chi connectivity index (χ0) is 13.4. The van der Waals surface area contributed by atoms with Crippen LogP contribution in [0.25, 0.3) is 21.9 Å². The number of aromatic hydroxyl groups is 3. The van der Waals surface area contributed by atoms with E-state index in [0.717, 1.165) is 10.8 Å². The molecule has 0 unspecified atom stereocenters. The van der Waals surface area contributed by atoms with E-state index in [9.17, 15) is 15.3 Å². The number of rotatable bonds is 1. The molecule has 0 bridgehead atoms. The molecule has 0 radical (unpaired) electrons. The molecule has 0 saturated carbocycles. The van der Waals surface area contributed by atoms with E-state index in [-0.39, 0.29) is 17.2 Å². The second kappa shape index (κ2) is 4.21. The molecule has 0 spiro atoms. The summed E-state index contributed by atoms with van der Waals surface area (Å²) in [6.45, 7) is 0. The quantitative estimate of drug-likeness (QED) is 0.580. The third-order valence-electron chi connectivity index (χ3n) is 3.13. The standard InChI is InChI=1S/C16H12O3/c17-12-5-6-15(18)14(9-12)13-7-10-3-1-2-4-11(10)8-16(13)19/h1-9,17-19H. The van der Waals surface area contributed by atoms with Gasteiger partial charge in [0, 0.05) is 11.1 Å². The molecule has 0 fully saturated rings. The summed E-state index contributed by atoms with van der Waals surface area (Å²) in [6.07, 6.45) is 0.